The van der Waals surface area contributed by atoms with Crippen LogP contribution in [0.5, 0.6) is 5.75 Å². The number of ketones is 1. The third-order valence-electron chi connectivity index (χ3n) is 7.05. The second kappa shape index (κ2) is 7.36. The van der Waals surface area contributed by atoms with Gasteiger partial charge in [-0.05, 0) is 99.1 Å². The number of carbonyl (C=O) groups is 2. The summed E-state index contributed by atoms with van der Waals surface area (Å²) < 4.78 is 11.4. The van der Waals surface area contributed by atoms with Crippen molar-refractivity contribution < 1.29 is 18.7 Å². The Morgan fingerprint density at radius 3 is 2.24 bits per heavy atom. The van der Waals surface area contributed by atoms with Crippen molar-refractivity contribution in [2.24, 2.45) is 23.7 Å². The quantitative estimate of drug-likeness (QED) is 0.728. The number of amides is 1. The van der Waals surface area contributed by atoms with Gasteiger partial charge in [-0.1, -0.05) is 0 Å². The van der Waals surface area contributed by atoms with Crippen LogP contribution in [0.4, 0.5) is 0 Å². The molecule has 5 nitrogen and oxygen atoms in total. The zero-order valence-electron chi connectivity index (χ0n) is 16.7. The fourth-order valence-corrected chi connectivity index (χ4v) is 5.90. The highest BCUT2D eigenvalue weighted by Gasteiger charge is 2.48. The number of ether oxygens (including phenoxy) is 1. The Labute approximate surface area is 170 Å². The van der Waals surface area contributed by atoms with Crippen molar-refractivity contribution in [3.63, 3.8) is 0 Å². The molecule has 1 heterocycles. The van der Waals surface area contributed by atoms with Gasteiger partial charge in [-0.15, -0.1) is 0 Å². The molecule has 4 aliphatic carbocycles. The highest BCUT2D eigenvalue weighted by atomic mass is 16.5. The maximum atomic E-state index is 12.7. The van der Waals surface area contributed by atoms with Crippen molar-refractivity contribution in [2.75, 3.05) is 0 Å². The monoisotopic (exact) mass is 393 g/mol. The molecule has 1 N–H and O–H groups in total. The van der Waals surface area contributed by atoms with Crippen LogP contribution in [-0.4, -0.2) is 17.7 Å². The minimum atomic E-state index is -0.112. The predicted octanol–water partition coefficient (Wildman–Crippen LogP) is 4.62. The zero-order chi connectivity index (χ0) is 20.0. The molecular weight excluding hydrogens is 366 g/mol. The maximum absolute atomic E-state index is 12.7. The smallest absolute Gasteiger partial charge is 0.287 e. The van der Waals surface area contributed by atoms with E-state index in [1.54, 1.807) is 36.4 Å². The Kier molecular flexibility index (Phi) is 4.69. The van der Waals surface area contributed by atoms with Crippen molar-refractivity contribution in [3.05, 3.63) is 53.5 Å². The minimum Gasteiger partial charge on any atom is -0.486 e. The van der Waals surface area contributed by atoms with Gasteiger partial charge in [0.1, 0.15) is 18.1 Å². The van der Waals surface area contributed by atoms with Crippen molar-refractivity contribution in [3.8, 4) is 5.75 Å². The first-order valence-corrected chi connectivity index (χ1v) is 10.7. The van der Waals surface area contributed by atoms with E-state index in [-0.39, 0.29) is 18.3 Å². The molecule has 6 rings (SSSR count). The topological polar surface area (TPSA) is 68.5 Å². The van der Waals surface area contributed by atoms with E-state index in [4.69, 9.17) is 9.15 Å². The summed E-state index contributed by atoms with van der Waals surface area (Å²) in [6.07, 6.45) is 6.51. The first-order valence-electron chi connectivity index (χ1n) is 10.7. The molecule has 4 bridgehead atoms. The first kappa shape index (κ1) is 18.5. The third kappa shape index (κ3) is 3.70. The summed E-state index contributed by atoms with van der Waals surface area (Å²) in [7, 11) is 0. The lowest BCUT2D eigenvalue weighted by atomic mass is 9.54. The maximum Gasteiger partial charge on any atom is 0.287 e. The number of hydrogen-bond acceptors (Lipinski definition) is 4. The van der Waals surface area contributed by atoms with Gasteiger partial charge in [-0.25, -0.2) is 0 Å². The SMILES string of the molecule is CC(=O)c1ccc(OCc2ccc(C(=O)NC3C4CC5CC(C4)CC3C5)o2)cc1. The molecule has 0 unspecified atom stereocenters. The number of rotatable bonds is 6. The molecule has 0 spiro atoms. The Bertz CT molecular complexity index is 885. The normalized spacial score (nSPS) is 29.6. The molecule has 1 amide bonds. The van der Waals surface area contributed by atoms with E-state index >= 15 is 0 Å². The molecule has 0 radical (unpaired) electrons. The lowest BCUT2D eigenvalue weighted by molar-refractivity contribution is -0.0123. The first-order chi connectivity index (χ1) is 14.0. The molecule has 0 atom stereocenters. The third-order valence-corrected chi connectivity index (χ3v) is 7.05. The second-order valence-electron chi connectivity index (χ2n) is 9.07. The summed E-state index contributed by atoms with van der Waals surface area (Å²) >= 11 is 0. The molecule has 2 aromatic rings. The van der Waals surface area contributed by atoms with E-state index < -0.39 is 0 Å². The Morgan fingerprint density at radius 2 is 1.62 bits per heavy atom. The van der Waals surface area contributed by atoms with Crippen LogP contribution >= 0.6 is 0 Å². The molecule has 1 aromatic carbocycles. The molecular formula is C24H27NO4. The van der Waals surface area contributed by atoms with Gasteiger partial charge in [0.15, 0.2) is 11.5 Å². The summed E-state index contributed by atoms with van der Waals surface area (Å²) in [6.45, 7) is 1.78. The van der Waals surface area contributed by atoms with E-state index in [2.05, 4.69) is 5.32 Å². The zero-order valence-corrected chi connectivity index (χ0v) is 16.7. The number of Topliss-reactive ketones (excluding diaryl/α,β-unsaturated/α-hetero) is 1. The molecule has 4 saturated carbocycles. The van der Waals surface area contributed by atoms with Crippen LogP contribution in [-0.2, 0) is 6.61 Å². The van der Waals surface area contributed by atoms with Crippen LogP contribution in [0.2, 0.25) is 0 Å². The van der Waals surface area contributed by atoms with Gasteiger partial charge in [-0.2, -0.15) is 0 Å². The van der Waals surface area contributed by atoms with E-state index in [1.165, 1.54) is 39.0 Å². The van der Waals surface area contributed by atoms with Gasteiger partial charge < -0.3 is 14.5 Å². The summed E-state index contributed by atoms with van der Waals surface area (Å²) in [5, 5.41) is 3.28. The van der Waals surface area contributed by atoms with Crippen LogP contribution in [0.15, 0.2) is 40.8 Å². The fourth-order valence-electron chi connectivity index (χ4n) is 5.90. The number of furan rings is 1. The summed E-state index contributed by atoms with van der Waals surface area (Å²) in [5.74, 6) is 4.60. The minimum absolute atomic E-state index is 0.0253. The molecule has 0 saturated heterocycles. The molecule has 5 heteroatoms. The van der Waals surface area contributed by atoms with Gasteiger partial charge in [0.05, 0.1) is 0 Å². The Morgan fingerprint density at radius 1 is 0.966 bits per heavy atom. The molecule has 4 aliphatic rings. The number of carbonyl (C=O) groups excluding carboxylic acids is 2. The van der Waals surface area contributed by atoms with Gasteiger partial charge in [0.2, 0.25) is 0 Å². The van der Waals surface area contributed by atoms with Crippen LogP contribution in [0.1, 0.15) is 65.7 Å². The summed E-state index contributed by atoms with van der Waals surface area (Å²) in [5.41, 5.74) is 0.652. The van der Waals surface area contributed by atoms with Crippen molar-refractivity contribution in [1.82, 2.24) is 5.32 Å². The van der Waals surface area contributed by atoms with Crippen LogP contribution < -0.4 is 10.1 Å². The predicted molar refractivity (Wildman–Crippen MR) is 108 cm³/mol. The average molecular weight is 393 g/mol. The van der Waals surface area contributed by atoms with Gasteiger partial charge in [0.25, 0.3) is 5.91 Å². The van der Waals surface area contributed by atoms with E-state index in [9.17, 15) is 9.59 Å². The van der Waals surface area contributed by atoms with Crippen LogP contribution in [0.3, 0.4) is 0 Å². The number of nitrogens with one attached hydrogen (secondary N) is 1. The van der Waals surface area contributed by atoms with E-state index in [0.717, 1.165) is 11.8 Å². The van der Waals surface area contributed by atoms with Crippen molar-refractivity contribution in [1.29, 1.82) is 0 Å². The highest BCUT2D eigenvalue weighted by molar-refractivity contribution is 5.94. The van der Waals surface area contributed by atoms with Crippen molar-refractivity contribution in [2.45, 2.75) is 51.7 Å². The molecule has 1 aromatic heterocycles. The Balaban J connectivity index is 1.18. The summed E-state index contributed by atoms with van der Waals surface area (Å²) in [4.78, 5) is 24.1. The van der Waals surface area contributed by atoms with Crippen molar-refractivity contribution >= 4 is 11.7 Å². The lowest BCUT2D eigenvalue weighted by Gasteiger charge is -2.54. The largest absolute Gasteiger partial charge is 0.486 e. The van der Waals surface area contributed by atoms with Gasteiger partial charge in [0, 0.05) is 11.6 Å². The van der Waals surface area contributed by atoms with Crippen LogP contribution in [0.25, 0.3) is 0 Å². The second-order valence-corrected chi connectivity index (χ2v) is 9.07. The molecule has 0 aliphatic heterocycles. The standard InChI is InChI=1S/C24H27NO4/c1-14(26)17-2-4-20(5-3-17)28-13-21-6-7-22(29-21)24(27)25-23-18-9-15-8-16(11-18)12-19(23)10-15/h2-7,15-16,18-19,23H,8-13H2,1H3,(H,25,27). The van der Waals surface area contributed by atoms with Gasteiger partial charge >= 0.3 is 0 Å². The number of hydrogen-bond donors (Lipinski definition) is 1. The summed E-state index contributed by atoms with van der Waals surface area (Å²) in [6, 6.07) is 10.8. The number of benzene rings is 1. The molecule has 152 valence electrons. The average Bonchev–Trinajstić information content (AvgIpc) is 3.18. The van der Waals surface area contributed by atoms with E-state index in [1.807, 2.05) is 0 Å². The molecule has 4 fully saturated rings. The fraction of sp³-hybridized carbons (Fsp3) is 0.500. The van der Waals surface area contributed by atoms with E-state index in [0.29, 0.717) is 40.7 Å². The Hall–Kier alpha value is -2.56. The lowest BCUT2D eigenvalue weighted by Crippen LogP contribution is -2.55. The highest BCUT2D eigenvalue weighted by Crippen LogP contribution is 2.53. The van der Waals surface area contributed by atoms with Crippen LogP contribution in [0, 0.1) is 23.7 Å². The van der Waals surface area contributed by atoms with Gasteiger partial charge in [-0.3, -0.25) is 9.59 Å². The molecule has 29 heavy (non-hydrogen) atoms.